The summed E-state index contributed by atoms with van der Waals surface area (Å²) >= 11 is 7.81. The molecule has 1 saturated heterocycles. The first-order chi connectivity index (χ1) is 12.0. The SMILES string of the molecule is Cc1ccc(Cl)cc1N1CCN(CC(=O)N[C@H](C)c2cccs2)CC1. The fourth-order valence-electron chi connectivity index (χ4n) is 3.17. The fourth-order valence-corrected chi connectivity index (χ4v) is 4.07. The molecule has 134 valence electrons. The van der Waals surface area contributed by atoms with Crippen LogP contribution < -0.4 is 10.2 Å². The standard InChI is InChI=1S/C19H24ClN3OS/c1-14-5-6-16(20)12-17(14)23-9-7-22(8-10-23)13-19(24)21-15(2)18-4-3-11-25-18/h3-6,11-12,15H,7-10,13H2,1-2H3,(H,21,24)/t15-/m1/s1. The zero-order valence-corrected chi connectivity index (χ0v) is 16.2. The minimum absolute atomic E-state index is 0.0721. The van der Waals surface area contributed by atoms with E-state index in [9.17, 15) is 4.79 Å². The quantitative estimate of drug-likeness (QED) is 0.862. The highest BCUT2D eigenvalue weighted by atomic mass is 35.5. The second-order valence-electron chi connectivity index (χ2n) is 6.50. The minimum Gasteiger partial charge on any atom is -0.369 e. The van der Waals surface area contributed by atoms with Gasteiger partial charge < -0.3 is 10.2 Å². The number of hydrogen-bond acceptors (Lipinski definition) is 4. The molecule has 2 aromatic rings. The Balaban J connectivity index is 1.49. The number of amides is 1. The van der Waals surface area contributed by atoms with Gasteiger partial charge in [-0.1, -0.05) is 23.7 Å². The Labute approximate surface area is 158 Å². The second kappa shape index (κ2) is 8.21. The maximum atomic E-state index is 12.3. The van der Waals surface area contributed by atoms with Gasteiger partial charge in [0.05, 0.1) is 12.6 Å². The summed E-state index contributed by atoms with van der Waals surface area (Å²) in [5, 5.41) is 5.89. The van der Waals surface area contributed by atoms with Gasteiger partial charge in [-0.25, -0.2) is 0 Å². The molecule has 1 aromatic heterocycles. The van der Waals surface area contributed by atoms with Gasteiger partial charge in [0.15, 0.2) is 0 Å². The zero-order valence-electron chi connectivity index (χ0n) is 14.7. The summed E-state index contributed by atoms with van der Waals surface area (Å²) in [6, 6.07) is 10.2. The largest absolute Gasteiger partial charge is 0.369 e. The molecule has 1 aliphatic heterocycles. The number of anilines is 1. The molecule has 1 aliphatic rings. The molecule has 0 radical (unpaired) electrons. The van der Waals surface area contributed by atoms with Crippen LogP contribution in [0, 0.1) is 6.92 Å². The Kier molecular flexibility index (Phi) is 5.99. The zero-order chi connectivity index (χ0) is 17.8. The lowest BCUT2D eigenvalue weighted by atomic mass is 10.1. The summed E-state index contributed by atoms with van der Waals surface area (Å²) in [5.41, 5.74) is 2.43. The molecule has 2 heterocycles. The van der Waals surface area contributed by atoms with E-state index in [1.165, 1.54) is 16.1 Å². The average molecular weight is 378 g/mol. The topological polar surface area (TPSA) is 35.6 Å². The first kappa shape index (κ1) is 18.2. The van der Waals surface area contributed by atoms with Gasteiger partial charge >= 0.3 is 0 Å². The molecule has 0 aliphatic carbocycles. The van der Waals surface area contributed by atoms with Gasteiger partial charge in [-0.2, -0.15) is 0 Å². The third-order valence-electron chi connectivity index (χ3n) is 4.60. The average Bonchev–Trinajstić information content (AvgIpc) is 3.12. The van der Waals surface area contributed by atoms with Crippen molar-refractivity contribution in [1.82, 2.24) is 10.2 Å². The molecule has 0 unspecified atom stereocenters. The second-order valence-corrected chi connectivity index (χ2v) is 7.91. The Morgan fingerprint density at radius 2 is 2.04 bits per heavy atom. The van der Waals surface area contributed by atoms with Gasteiger partial charge in [-0.15, -0.1) is 11.3 Å². The molecule has 0 spiro atoms. The first-order valence-electron chi connectivity index (χ1n) is 8.59. The number of halogens is 1. The van der Waals surface area contributed by atoms with Gasteiger partial charge in [0, 0.05) is 41.8 Å². The van der Waals surface area contributed by atoms with E-state index in [-0.39, 0.29) is 11.9 Å². The molecule has 0 saturated carbocycles. The number of aryl methyl sites for hydroxylation is 1. The van der Waals surface area contributed by atoms with E-state index in [0.717, 1.165) is 31.2 Å². The van der Waals surface area contributed by atoms with Crippen molar-refractivity contribution < 1.29 is 4.79 Å². The minimum atomic E-state index is 0.0721. The fraction of sp³-hybridized carbons (Fsp3) is 0.421. The van der Waals surface area contributed by atoms with Crippen molar-refractivity contribution in [2.45, 2.75) is 19.9 Å². The van der Waals surface area contributed by atoms with E-state index >= 15 is 0 Å². The predicted molar refractivity (Wildman–Crippen MR) is 106 cm³/mol. The first-order valence-corrected chi connectivity index (χ1v) is 9.85. The monoisotopic (exact) mass is 377 g/mol. The summed E-state index contributed by atoms with van der Waals surface area (Å²) in [5.74, 6) is 0.0910. The van der Waals surface area contributed by atoms with E-state index in [1.807, 2.05) is 30.5 Å². The lowest BCUT2D eigenvalue weighted by Crippen LogP contribution is -2.49. The van der Waals surface area contributed by atoms with Crippen LogP contribution in [-0.4, -0.2) is 43.5 Å². The predicted octanol–water partition coefficient (Wildman–Crippen LogP) is 3.71. The number of thiophene rings is 1. The van der Waals surface area contributed by atoms with Gasteiger partial charge in [-0.05, 0) is 43.0 Å². The van der Waals surface area contributed by atoms with Crippen LogP contribution in [0.25, 0.3) is 0 Å². The van der Waals surface area contributed by atoms with Gasteiger partial charge in [0.2, 0.25) is 5.91 Å². The molecule has 3 rings (SSSR count). The highest BCUT2D eigenvalue weighted by Crippen LogP contribution is 2.25. The van der Waals surface area contributed by atoms with Crippen LogP contribution in [0.15, 0.2) is 35.7 Å². The van der Waals surface area contributed by atoms with Crippen molar-refractivity contribution in [2.75, 3.05) is 37.6 Å². The number of benzene rings is 1. The maximum absolute atomic E-state index is 12.3. The van der Waals surface area contributed by atoms with Crippen molar-refractivity contribution in [3.05, 3.63) is 51.2 Å². The van der Waals surface area contributed by atoms with Crippen molar-refractivity contribution in [3.63, 3.8) is 0 Å². The van der Waals surface area contributed by atoms with Crippen LogP contribution in [0.4, 0.5) is 5.69 Å². The molecule has 0 bridgehead atoms. The van der Waals surface area contributed by atoms with Crippen molar-refractivity contribution in [1.29, 1.82) is 0 Å². The number of nitrogens with zero attached hydrogens (tertiary/aromatic N) is 2. The van der Waals surface area contributed by atoms with Crippen molar-refractivity contribution >= 4 is 34.5 Å². The van der Waals surface area contributed by atoms with Crippen LogP contribution >= 0.6 is 22.9 Å². The third-order valence-corrected chi connectivity index (χ3v) is 5.89. The summed E-state index contributed by atoms with van der Waals surface area (Å²) in [4.78, 5) is 18.0. The molecular weight excluding hydrogens is 354 g/mol. The third kappa shape index (κ3) is 4.75. The summed E-state index contributed by atoms with van der Waals surface area (Å²) < 4.78 is 0. The van der Waals surface area contributed by atoms with E-state index in [1.54, 1.807) is 11.3 Å². The molecular formula is C19H24ClN3OS. The van der Waals surface area contributed by atoms with Gasteiger partial charge in [0.1, 0.15) is 0 Å². The van der Waals surface area contributed by atoms with Crippen LogP contribution in [0.5, 0.6) is 0 Å². The molecule has 1 amide bonds. The van der Waals surface area contributed by atoms with Crippen LogP contribution in [0.3, 0.4) is 0 Å². The highest BCUT2D eigenvalue weighted by molar-refractivity contribution is 7.10. The van der Waals surface area contributed by atoms with Crippen molar-refractivity contribution in [3.8, 4) is 0 Å². The molecule has 4 nitrogen and oxygen atoms in total. The van der Waals surface area contributed by atoms with Crippen molar-refractivity contribution in [2.24, 2.45) is 0 Å². The number of hydrogen-bond donors (Lipinski definition) is 1. The summed E-state index contributed by atoms with van der Waals surface area (Å²) in [6.45, 7) is 8.18. The summed E-state index contributed by atoms with van der Waals surface area (Å²) in [6.07, 6.45) is 0. The van der Waals surface area contributed by atoms with Gasteiger partial charge in [0.25, 0.3) is 0 Å². The Bertz CT molecular complexity index is 711. The lowest BCUT2D eigenvalue weighted by molar-refractivity contribution is -0.122. The number of carbonyl (C=O) groups is 1. The van der Waals surface area contributed by atoms with E-state index in [4.69, 9.17) is 11.6 Å². The number of nitrogens with one attached hydrogen (secondary N) is 1. The van der Waals surface area contributed by atoms with E-state index < -0.39 is 0 Å². The molecule has 25 heavy (non-hydrogen) atoms. The molecule has 6 heteroatoms. The van der Waals surface area contributed by atoms with Crippen LogP contribution in [-0.2, 0) is 4.79 Å². The molecule has 1 aromatic carbocycles. The molecule has 1 N–H and O–H groups in total. The number of carbonyl (C=O) groups excluding carboxylic acids is 1. The summed E-state index contributed by atoms with van der Waals surface area (Å²) in [7, 11) is 0. The van der Waals surface area contributed by atoms with Crippen LogP contribution in [0.2, 0.25) is 5.02 Å². The number of rotatable bonds is 5. The lowest BCUT2D eigenvalue weighted by Gasteiger charge is -2.36. The number of piperazine rings is 1. The normalized spacial score (nSPS) is 16.7. The Hall–Kier alpha value is -1.56. The van der Waals surface area contributed by atoms with Crippen LogP contribution in [0.1, 0.15) is 23.4 Å². The Morgan fingerprint density at radius 3 is 2.72 bits per heavy atom. The van der Waals surface area contributed by atoms with E-state index in [2.05, 4.69) is 34.2 Å². The maximum Gasteiger partial charge on any atom is 0.234 e. The Morgan fingerprint density at radius 1 is 1.28 bits per heavy atom. The smallest absolute Gasteiger partial charge is 0.234 e. The van der Waals surface area contributed by atoms with Gasteiger partial charge in [-0.3, -0.25) is 9.69 Å². The van der Waals surface area contributed by atoms with E-state index in [0.29, 0.717) is 6.54 Å². The molecule has 1 atom stereocenters. The molecule has 1 fully saturated rings. The highest BCUT2D eigenvalue weighted by Gasteiger charge is 2.21.